The number of carbonyl (C=O) groups is 3. The number of rotatable bonds is 16. The number of sulfonamides is 1. The van der Waals surface area contributed by atoms with Crippen LogP contribution in [0.2, 0.25) is 0 Å². The monoisotopic (exact) mass is 1280 g/mol. The smallest absolute Gasteiger partial charge is 0.327 e. The number of aliphatic carboxylic acids is 1. The van der Waals surface area contributed by atoms with Crippen molar-refractivity contribution in [2.45, 2.75) is 153 Å². The molecule has 81 heavy (non-hydrogen) atoms. The van der Waals surface area contributed by atoms with Gasteiger partial charge in [-0.3, -0.25) is 43.5 Å². The molecule has 3 rings (SSSR count). The molecule has 490 valence electrons. The summed E-state index contributed by atoms with van der Waals surface area (Å²) in [4.78, 5) is 69.1. The fourth-order valence-electron chi connectivity index (χ4n) is 3.93. The molecule has 0 bridgehead atoms. The average Bonchev–Trinajstić information content (AvgIpc) is 4.10. The number of hydrogen-bond acceptors (Lipinski definition) is 22. The third kappa shape index (κ3) is 109. The topological polar surface area (TPSA) is 506 Å². The Morgan fingerprint density at radius 3 is 1.48 bits per heavy atom. The molecule has 2 aliphatic rings. The third-order valence-electron chi connectivity index (χ3n) is 8.87. The summed E-state index contributed by atoms with van der Waals surface area (Å²) in [7, 11) is -6.81. The maximum absolute atomic E-state index is 10.6. The Kier molecular flexibility index (Phi) is 72.5. The van der Waals surface area contributed by atoms with Crippen LogP contribution < -0.4 is 21.3 Å². The van der Waals surface area contributed by atoms with Gasteiger partial charge < -0.3 is 59.4 Å². The number of aromatic amines is 1. The molecule has 0 aliphatic carbocycles. The van der Waals surface area contributed by atoms with Gasteiger partial charge in [0.15, 0.2) is 12.0 Å². The number of nitriles is 1. The number of aliphatic hydroxyl groups excluding tert-OH is 2. The number of H-pyrrole nitrogens is 1. The molecule has 36 heteroatoms. The lowest BCUT2D eigenvalue weighted by Crippen LogP contribution is -2.40. The fourth-order valence-corrected chi connectivity index (χ4v) is 4.52. The molecule has 1 aromatic heterocycles. The van der Waals surface area contributed by atoms with Crippen molar-refractivity contribution in [3.05, 3.63) is 5.82 Å². The number of nitrogens with one attached hydrogen (secondary N) is 3. The number of aromatic nitrogens is 4. The molecule has 6 unspecified atom stereocenters. The average molecular weight is 1280 g/mol. The Balaban J connectivity index is -0.000000100. The zero-order valence-electron chi connectivity index (χ0n) is 51.5. The van der Waals surface area contributed by atoms with Crippen LogP contribution in [-0.2, 0) is 59.2 Å². The van der Waals surface area contributed by atoms with Crippen molar-refractivity contribution < 1.29 is 88.9 Å². The number of piperidine rings is 1. The molecule has 1 aromatic rings. The minimum absolute atomic E-state index is 0.0208. The highest BCUT2D eigenvalue weighted by Gasteiger charge is 2.21. The van der Waals surface area contributed by atoms with E-state index >= 15 is 0 Å². The predicted molar refractivity (Wildman–Crippen MR) is 318 cm³/mol. The molecule has 15 N–H and O–H groups in total. The number of likely N-dealkylation sites (N-methyl/N-ethyl adjacent to an activating group) is 2. The van der Waals surface area contributed by atoms with E-state index in [1.54, 1.807) is 54.7 Å². The van der Waals surface area contributed by atoms with Gasteiger partial charge in [0.2, 0.25) is 10.0 Å². The van der Waals surface area contributed by atoms with Gasteiger partial charge in [0, 0.05) is 37.9 Å². The molecule has 0 saturated carbocycles. The molecule has 0 radical (unpaired) electrons. The van der Waals surface area contributed by atoms with Crippen molar-refractivity contribution >= 4 is 60.4 Å². The number of carboxylic acids is 1. The highest BCUT2D eigenvalue weighted by molar-refractivity contribution is 7.89. The van der Waals surface area contributed by atoms with E-state index in [0.29, 0.717) is 25.5 Å². The van der Waals surface area contributed by atoms with Crippen molar-refractivity contribution in [1.29, 1.82) is 5.26 Å². The van der Waals surface area contributed by atoms with Crippen LogP contribution in [0.3, 0.4) is 0 Å². The maximum atomic E-state index is 10.6. The lowest BCUT2D eigenvalue weighted by Gasteiger charge is -2.31. The van der Waals surface area contributed by atoms with Crippen molar-refractivity contribution in [2.24, 2.45) is 16.6 Å². The van der Waals surface area contributed by atoms with Crippen LogP contribution >= 0.6 is 22.7 Å². The van der Waals surface area contributed by atoms with Gasteiger partial charge in [-0.2, -0.15) is 18.9 Å². The van der Waals surface area contributed by atoms with E-state index in [4.69, 9.17) is 39.6 Å². The first kappa shape index (κ1) is 97.3. The number of tetrazole rings is 1. The van der Waals surface area contributed by atoms with Crippen LogP contribution in [0.15, 0.2) is 0 Å². The summed E-state index contributed by atoms with van der Waals surface area (Å²) >= 11 is 0. The van der Waals surface area contributed by atoms with Crippen LogP contribution in [0.5, 0.6) is 0 Å². The molecule has 0 spiro atoms. The number of ketones is 2. The molecular formula is C45H109N12O19P3S2. The third-order valence-corrected chi connectivity index (χ3v) is 13.6. The van der Waals surface area contributed by atoms with Gasteiger partial charge in [-0.05, 0) is 128 Å². The quantitative estimate of drug-likeness (QED) is 0.0372. The summed E-state index contributed by atoms with van der Waals surface area (Å²) in [5, 5.41) is 56.3. The normalized spacial score (nSPS) is 16.9. The molecule has 3 heterocycles. The molecule has 2 saturated heterocycles. The van der Waals surface area contributed by atoms with E-state index in [1.807, 2.05) is 25.9 Å². The summed E-state index contributed by atoms with van der Waals surface area (Å²) in [6.07, 6.45) is 7.37. The van der Waals surface area contributed by atoms with Crippen molar-refractivity contribution in [2.75, 3.05) is 105 Å². The lowest BCUT2D eigenvalue weighted by molar-refractivity contribution is -0.136. The van der Waals surface area contributed by atoms with Crippen LogP contribution in [0.25, 0.3) is 0 Å². The fraction of sp³-hybridized carbons (Fsp3) is 0.889. The predicted octanol–water partition coefficient (Wildman–Crippen LogP) is 2.52. The van der Waals surface area contributed by atoms with Crippen molar-refractivity contribution in [3.8, 4) is 6.19 Å². The van der Waals surface area contributed by atoms with Gasteiger partial charge in [0.1, 0.15) is 17.8 Å². The second-order valence-corrected chi connectivity index (χ2v) is 27.4. The van der Waals surface area contributed by atoms with Gasteiger partial charge in [-0.15, -0.1) is 10.2 Å². The molecular weight excluding hydrogens is 1170 g/mol. The first-order chi connectivity index (χ1) is 36.8. The van der Waals surface area contributed by atoms with Crippen LogP contribution in [0.4, 0.5) is 0 Å². The first-order valence-corrected chi connectivity index (χ1v) is 34.8. The Morgan fingerprint density at radius 2 is 1.36 bits per heavy atom. The number of aryl methyl sites for hydroxylation is 1. The Morgan fingerprint density at radius 1 is 0.901 bits per heavy atom. The number of carbonyl (C=O) groups excluding carboxylic acids is 2. The van der Waals surface area contributed by atoms with Gasteiger partial charge in [-0.25, -0.2) is 13.6 Å². The van der Waals surface area contributed by atoms with E-state index in [1.165, 1.54) is 33.7 Å². The summed E-state index contributed by atoms with van der Waals surface area (Å²) < 4.78 is 81.1. The number of aliphatic hydroxyl groups is 2. The number of carboxylic acid groups (broad SMARTS) is 1. The summed E-state index contributed by atoms with van der Waals surface area (Å²) in [6, 6.07) is 0.176. The molecule has 0 aromatic carbocycles. The van der Waals surface area contributed by atoms with Gasteiger partial charge in [-0.1, -0.05) is 60.6 Å². The van der Waals surface area contributed by atoms with E-state index in [-0.39, 0.29) is 60.1 Å². The van der Waals surface area contributed by atoms with E-state index < -0.39 is 55.0 Å². The number of nitrogens with two attached hydrogens (primary N) is 2. The molecule has 31 nitrogen and oxygen atoms in total. The van der Waals surface area contributed by atoms with Crippen LogP contribution in [0, 0.1) is 17.4 Å². The van der Waals surface area contributed by atoms with Gasteiger partial charge in [0.05, 0.1) is 36.8 Å². The summed E-state index contributed by atoms with van der Waals surface area (Å²) in [6.45, 7) is 27.1. The number of nitrogens with zero attached hydrogens (tertiary/aromatic N) is 7. The van der Waals surface area contributed by atoms with Gasteiger partial charge >= 0.3 is 21.2 Å². The van der Waals surface area contributed by atoms with E-state index in [9.17, 15) is 50.0 Å². The zero-order valence-corrected chi connectivity index (χ0v) is 55.9. The van der Waals surface area contributed by atoms with Crippen molar-refractivity contribution in [1.82, 2.24) is 46.0 Å². The minimum Gasteiger partial charge on any atom is -0.481 e. The minimum atomic E-state index is -3.66. The Bertz CT molecular complexity index is 1980. The summed E-state index contributed by atoms with van der Waals surface area (Å²) in [5.41, 5.74) is 4.65. The highest BCUT2D eigenvalue weighted by Crippen LogP contribution is 2.40. The van der Waals surface area contributed by atoms with Crippen molar-refractivity contribution in [3.63, 3.8) is 0 Å². The number of β-amino-alcohol motifs (C(OH)–C–C–N with tert-alkyl or cyclic N) is 1. The SMILES string of the molecule is CC(=O)C1CCCN1.CC(=O)CN(C)C.CC1CCN(C)CC1O.CCC(=O)O.CCC(O)NC#N.CCCN(C)C.CCOP(=O)(O)CC.CCP(=O)(O)O.CCP(N)(=O)O.CCS(=O)(=O)O.CCS(N)(=O)=O.CCc1nn[nH]n1. The molecule has 6 atom stereocenters. The van der Waals surface area contributed by atoms with Gasteiger partial charge in [0.25, 0.3) is 17.6 Å². The molecule has 2 fully saturated rings. The standard InChI is InChI=1S/C7H15NO.C6H11NO.C5H11NO.C5H13N.C4H8N2O.C4H11O3P.C3H6N4.C3H6O2.C2H8NO2P.C2H7NO2S.C2H7O3P.C2H6O3S/c1-6-3-4-8(2)5-7(6)9;1-5(8)6-3-2-4-7-6;1-5(7)4-6(2)3;1-4-5-6(2)3;1-2-4(7)6-3-5;1-3-7-8(5,6)4-2;1-2-3-4-6-7-5-3;1-2-3(4)5;4*1-2-6(3,4)5/h6-7,9H,3-5H2,1-2H3;6-7H,2-4H2,1H3;4H2,1-3H3;4-5H2,1-3H3;4,6-7H,2H2,1H3;3-4H2,1-2H3,(H,5,6);2H2,1H3,(H,4,5,6,7);2H2,1H3,(H,4,5);2H2,1H3,(H3,3,4,5);2*2H2,1H3,(H2,3,4,5);2H2,1H3,(H,3,4,5). The Labute approximate surface area is 485 Å². The zero-order chi connectivity index (χ0) is 66.2. The molecule has 2 aliphatic heterocycles. The number of Topliss-reactive ketones (excluding diaryl/α,β-unsaturated/α-hetero) is 2. The first-order valence-electron chi connectivity index (χ1n) is 26.0. The number of hydrogen-bond donors (Lipinski definition) is 13. The lowest BCUT2D eigenvalue weighted by atomic mass is 9.97. The van der Waals surface area contributed by atoms with E-state index in [0.717, 1.165) is 51.1 Å². The second kappa shape index (κ2) is 60.3. The number of primary sulfonamides is 1. The number of likely N-dealkylation sites (tertiary alicyclic amines) is 1. The summed E-state index contributed by atoms with van der Waals surface area (Å²) in [5.74, 6) is 0.832. The molecule has 0 amide bonds. The highest BCUT2D eigenvalue weighted by atomic mass is 32.2. The van der Waals surface area contributed by atoms with Crippen LogP contribution in [0.1, 0.15) is 134 Å². The second-order valence-electron chi connectivity index (χ2n) is 17.5. The maximum Gasteiger partial charge on any atom is 0.327 e. The van der Waals surface area contributed by atoms with Crippen LogP contribution in [-0.4, -0.2) is 232 Å². The largest absolute Gasteiger partial charge is 0.481 e. The van der Waals surface area contributed by atoms with E-state index in [2.05, 4.69) is 91.2 Å². The Hall–Kier alpha value is -2.80.